The number of anilines is 2. The molecule has 0 saturated heterocycles. The number of rotatable bonds is 7. The Morgan fingerprint density at radius 2 is 1.80 bits per heavy atom. The Labute approximate surface area is 244 Å². The summed E-state index contributed by atoms with van der Waals surface area (Å²) in [4.78, 5) is 38.4. The summed E-state index contributed by atoms with van der Waals surface area (Å²) < 4.78 is 53.9. The van der Waals surface area contributed by atoms with E-state index in [-0.39, 0.29) is 45.1 Å². The van der Waals surface area contributed by atoms with Gasteiger partial charge in [-0.3, -0.25) is 4.79 Å². The van der Waals surface area contributed by atoms with Gasteiger partial charge in [-0.2, -0.15) is 18.3 Å². The van der Waals surface area contributed by atoms with Gasteiger partial charge in [0.05, 0.1) is 24.8 Å². The molecule has 1 aliphatic heterocycles. The molecule has 9 nitrogen and oxygen atoms in total. The first-order chi connectivity index (χ1) is 18.9. The second kappa shape index (κ2) is 11.8. The molecule has 0 saturated carbocycles. The molecule has 2 aromatic heterocycles. The van der Waals surface area contributed by atoms with Crippen LogP contribution in [0.2, 0.25) is 5.02 Å². The molecule has 0 radical (unpaired) electrons. The minimum atomic E-state index is -4.69. The largest absolute Gasteiger partial charge is 0.462 e. The Balaban J connectivity index is 1.72. The smallest absolute Gasteiger partial charge is 0.410 e. The van der Waals surface area contributed by atoms with Crippen molar-refractivity contribution in [3.63, 3.8) is 0 Å². The first kappa shape index (κ1) is 29.9. The summed E-state index contributed by atoms with van der Waals surface area (Å²) >= 11 is 10.5. The highest BCUT2D eigenvalue weighted by atomic mass is 79.9. The average Bonchev–Trinajstić information content (AvgIpc) is 3.40. The average molecular weight is 664 g/mol. The van der Waals surface area contributed by atoms with Crippen LogP contribution in [0.4, 0.5) is 24.0 Å². The molecule has 4 rings (SSSR count). The molecule has 40 heavy (non-hydrogen) atoms. The molecule has 2 atom stereocenters. The standard InChI is InChI=1S/C25H23BrClF3N4O5S/c1-4-38-23(36)16-11(3)19(24(37)39-5-2)40-22(16)32-21(35)18-17(27)20-31-14(12-6-8-13(26)9-7-12)10-15(25(28,29)30)34(20)33-18/h6-9,14-15,31H,4-5,10H2,1-3H3,(H,32,35)/t14-,15+/m1/s1. The van der Waals surface area contributed by atoms with Crippen LogP contribution in [0.3, 0.4) is 0 Å². The number of carbonyl (C=O) groups is 3. The second-order valence-corrected chi connectivity index (χ2v) is 11.0. The summed E-state index contributed by atoms with van der Waals surface area (Å²) in [7, 11) is 0. The number of esters is 2. The number of halogens is 5. The number of carbonyl (C=O) groups excluding carboxylic acids is 3. The number of ether oxygens (including phenoxy) is 2. The van der Waals surface area contributed by atoms with Crippen molar-refractivity contribution in [2.75, 3.05) is 23.8 Å². The topological polar surface area (TPSA) is 112 Å². The van der Waals surface area contributed by atoms with E-state index in [1.54, 1.807) is 38.1 Å². The van der Waals surface area contributed by atoms with E-state index in [1.165, 1.54) is 6.92 Å². The third-order valence-electron chi connectivity index (χ3n) is 6.10. The van der Waals surface area contributed by atoms with Crippen LogP contribution in [-0.4, -0.2) is 47.0 Å². The van der Waals surface area contributed by atoms with Crippen LogP contribution in [0.25, 0.3) is 0 Å². The van der Waals surface area contributed by atoms with Crippen LogP contribution in [-0.2, 0) is 9.47 Å². The maximum Gasteiger partial charge on any atom is 0.410 e. The second-order valence-electron chi connectivity index (χ2n) is 8.65. The summed E-state index contributed by atoms with van der Waals surface area (Å²) in [6.07, 6.45) is -5.08. The van der Waals surface area contributed by atoms with Crippen LogP contribution in [0, 0.1) is 6.92 Å². The third-order valence-corrected chi connectivity index (χ3v) is 8.17. The van der Waals surface area contributed by atoms with Crippen molar-refractivity contribution < 1.29 is 37.0 Å². The maximum atomic E-state index is 14.1. The first-order valence-electron chi connectivity index (χ1n) is 12.0. The normalized spacial score (nSPS) is 16.6. The molecule has 2 N–H and O–H groups in total. The Kier molecular flexibility index (Phi) is 8.80. The number of nitrogens with one attached hydrogen (secondary N) is 2. The molecular formula is C25H23BrClF3N4O5S. The van der Waals surface area contributed by atoms with Gasteiger partial charge in [0.15, 0.2) is 11.7 Å². The summed E-state index contributed by atoms with van der Waals surface area (Å²) in [6.45, 7) is 4.80. The number of alkyl halides is 3. The highest BCUT2D eigenvalue weighted by Crippen LogP contribution is 2.46. The van der Waals surface area contributed by atoms with E-state index in [0.29, 0.717) is 10.2 Å². The fourth-order valence-corrected chi connectivity index (χ4v) is 5.87. The van der Waals surface area contributed by atoms with E-state index < -0.39 is 48.2 Å². The maximum absolute atomic E-state index is 14.1. The molecule has 0 bridgehead atoms. The summed E-state index contributed by atoms with van der Waals surface area (Å²) in [5, 5.41) is 8.98. The van der Waals surface area contributed by atoms with Crippen LogP contribution in [0.1, 0.15) is 74.0 Å². The number of nitrogens with zero attached hydrogens (tertiary/aromatic N) is 2. The van der Waals surface area contributed by atoms with Crippen molar-refractivity contribution in [3.05, 3.63) is 61.0 Å². The van der Waals surface area contributed by atoms with Crippen LogP contribution >= 0.6 is 38.9 Å². The summed E-state index contributed by atoms with van der Waals surface area (Å²) in [5.74, 6) is -2.65. The van der Waals surface area contributed by atoms with Crippen molar-refractivity contribution in [3.8, 4) is 0 Å². The zero-order chi connectivity index (χ0) is 29.4. The van der Waals surface area contributed by atoms with Gasteiger partial charge < -0.3 is 20.1 Å². The lowest BCUT2D eigenvalue weighted by molar-refractivity contribution is -0.173. The monoisotopic (exact) mass is 662 g/mol. The zero-order valence-electron chi connectivity index (χ0n) is 21.3. The predicted molar refractivity (Wildman–Crippen MR) is 146 cm³/mol. The zero-order valence-corrected chi connectivity index (χ0v) is 24.5. The van der Waals surface area contributed by atoms with Gasteiger partial charge in [0.25, 0.3) is 5.91 Å². The van der Waals surface area contributed by atoms with Gasteiger partial charge in [-0.1, -0.05) is 39.7 Å². The van der Waals surface area contributed by atoms with Crippen molar-refractivity contribution in [2.24, 2.45) is 0 Å². The lowest BCUT2D eigenvalue weighted by atomic mass is 9.97. The molecule has 3 heterocycles. The predicted octanol–water partition coefficient (Wildman–Crippen LogP) is 6.93. The van der Waals surface area contributed by atoms with Gasteiger partial charge in [-0.15, -0.1) is 11.3 Å². The van der Waals surface area contributed by atoms with Gasteiger partial charge in [-0.05, 0) is 44.0 Å². The number of hydrogen-bond acceptors (Lipinski definition) is 8. The number of fused-ring (bicyclic) bond motifs is 1. The number of aromatic nitrogens is 2. The van der Waals surface area contributed by atoms with Gasteiger partial charge in [0.1, 0.15) is 20.7 Å². The van der Waals surface area contributed by atoms with Gasteiger partial charge in [-0.25, -0.2) is 14.3 Å². The molecule has 1 aliphatic rings. The van der Waals surface area contributed by atoms with Crippen molar-refractivity contribution in [2.45, 2.75) is 45.5 Å². The summed E-state index contributed by atoms with van der Waals surface area (Å²) in [6, 6.07) is 3.95. The quantitative estimate of drug-likeness (QED) is 0.264. The van der Waals surface area contributed by atoms with Gasteiger partial charge >= 0.3 is 18.1 Å². The highest BCUT2D eigenvalue weighted by Gasteiger charge is 2.48. The molecule has 0 spiro atoms. The Bertz CT molecular complexity index is 1460. The van der Waals surface area contributed by atoms with E-state index in [0.717, 1.165) is 15.8 Å². The van der Waals surface area contributed by atoms with Crippen molar-refractivity contribution in [1.82, 2.24) is 9.78 Å². The first-order valence-corrected chi connectivity index (χ1v) is 14.0. The number of amides is 1. The van der Waals surface area contributed by atoms with E-state index in [2.05, 4.69) is 31.7 Å². The summed E-state index contributed by atoms with van der Waals surface area (Å²) in [5.41, 5.74) is 0.244. The fraction of sp³-hybridized carbons (Fsp3) is 0.360. The minimum Gasteiger partial charge on any atom is -0.462 e. The number of benzene rings is 1. The van der Waals surface area contributed by atoms with Gasteiger partial charge in [0, 0.05) is 10.9 Å². The fourth-order valence-electron chi connectivity index (χ4n) is 4.25. The van der Waals surface area contributed by atoms with E-state index >= 15 is 0 Å². The molecule has 214 valence electrons. The van der Waals surface area contributed by atoms with E-state index in [9.17, 15) is 27.6 Å². The molecule has 3 aromatic rings. The molecule has 1 amide bonds. The lowest BCUT2D eigenvalue weighted by Gasteiger charge is -2.33. The van der Waals surface area contributed by atoms with Crippen molar-refractivity contribution >= 4 is 67.5 Å². The number of hydrogen-bond donors (Lipinski definition) is 2. The SMILES string of the molecule is CCOC(=O)c1sc(NC(=O)c2nn3c(c2Cl)N[C@@H](c2ccc(Br)cc2)C[C@H]3C(F)(F)F)c(C(=O)OCC)c1C. The van der Waals surface area contributed by atoms with Crippen LogP contribution in [0.15, 0.2) is 28.7 Å². The lowest BCUT2D eigenvalue weighted by Crippen LogP contribution is -2.35. The Morgan fingerprint density at radius 1 is 1.18 bits per heavy atom. The number of thiophene rings is 1. The molecule has 0 unspecified atom stereocenters. The van der Waals surface area contributed by atoms with E-state index in [1.807, 2.05) is 0 Å². The van der Waals surface area contributed by atoms with Gasteiger partial charge in [0.2, 0.25) is 0 Å². The molecule has 0 aliphatic carbocycles. The molecular weight excluding hydrogens is 641 g/mol. The molecule has 0 fully saturated rings. The van der Waals surface area contributed by atoms with Crippen LogP contribution < -0.4 is 10.6 Å². The minimum absolute atomic E-state index is 0.0277. The molecule has 1 aromatic carbocycles. The third kappa shape index (κ3) is 5.84. The van der Waals surface area contributed by atoms with Crippen molar-refractivity contribution in [1.29, 1.82) is 0 Å². The Morgan fingerprint density at radius 3 is 2.40 bits per heavy atom. The Hall–Kier alpha value is -3.10. The highest BCUT2D eigenvalue weighted by molar-refractivity contribution is 9.10. The van der Waals surface area contributed by atoms with Crippen LogP contribution in [0.5, 0.6) is 0 Å². The molecule has 15 heteroatoms. The van der Waals surface area contributed by atoms with E-state index in [4.69, 9.17) is 21.1 Å².